The van der Waals surface area contributed by atoms with Gasteiger partial charge in [0.2, 0.25) is 0 Å². The standard InChI is InChI=1S/C15H16FN3O3/c1-11-6-7-15(21)19(18-11)9-8-17-14(20)10-22-13-5-3-2-4-12(13)16/h2-7H,8-10H2,1H3,(H,17,20). The van der Waals surface area contributed by atoms with E-state index in [9.17, 15) is 14.0 Å². The van der Waals surface area contributed by atoms with Crippen LogP contribution in [-0.4, -0.2) is 28.8 Å². The zero-order valence-corrected chi connectivity index (χ0v) is 12.1. The topological polar surface area (TPSA) is 73.2 Å². The molecule has 0 aliphatic carbocycles. The van der Waals surface area contributed by atoms with E-state index >= 15 is 0 Å². The number of carbonyl (C=O) groups is 1. The summed E-state index contributed by atoms with van der Waals surface area (Å²) in [5.41, 5.74) is 0.483. The van der Waals surface area contributed by atoms with Crippen molar-refractivity contribution < 1.29 is 13.9 Å². The summed E-state index contributed by atoms with van der Waals surface area (Å²) in [6.45, 7) is 1.97. The average Bonchev–Trinajstić information content (AvgIpc) is 2.50. The molecule has 116 valence electrons. The van der Waals surface area contributed by atoms with Crippen molar-refractivity contribution in [3.63, 3.8) is 0 Å². The highest BCUT2D eigenvalue weighted by atomic mass is 19.1. The van der Waals surface area contributed by atoms with Crippen molar-refractivity contribution in [1.29, 1.82) is 0 Å². The number of aryl methyl sites for hydroxylation is 1. The maximum Gasteiger partial charge on any atom is 0.266 e. The van der Waals surface area contributed by atoms with E-state index in [1.165, 1.54) is 28.9 Å². The van der Waals surface area contributed by atoms with Crippen LogP contribution < -0.4 is 15.6 Å². The van der Waals surface area contributed by atoms with Gasteiger partial charge in [-0.15, -0.1) is 0 Å². The summed E-state index contributed by atoms with van der Waals surface area (Å²) in [6.07, 6.45) is 0. The van der Waals surface area contributed by atoms with Crippen LogP contribution in [0.15, 0.2) is 41.2 Å². The van der Waals surface area contributed by atoms with Gasteiger partial charge in [-0.3, -0.25) is 9.59 Å². The quantitative estimate of drug-likeness (QED) is 0.860. The first-order valence-electron chi connectivity index (χ1n) is 6.75. The first-order chi connectivity index (χ1) is 10.6. The minimum absolute atomic E-state index is 0.0224. The third-order valence-corrected chi connectivity index (χ3v) is 2.84. The average molecular weight is 305 g/mol. The minimum Gasteiger partial charge on any atom is -0.481 e. The Morgan fingerprint density at radius 2 is 2.09 bits per heavy atom. The van der Waals surface area contributed by atoms with E-state index in [0.29, 0.717) is 5.69 Å². The predicted octanol–water partition coefficient (Wildman–Crippen LogP) is 0.886. The molecule has 0 bridgehead atoms. The van der Waals surface area contributed by atoms with Gasteiger partial charge >= 0.3 is 0 Å². The fourth-order valence-electron chi connectivity index (χ4n) is 1.77. The van der Waals surface area contributed by atoms with Gasteiger partial charge in [0.15, 0.2) is 18.2 Å². The van der Waals surface area contributed by atoms with Crippen LogP contribution in [0.5, 0.6) is 5.75 Å². The van der Waals surface area contributed by atoms with Crippen molar-refractivity contribution in [2.75, 3.05) is 13.2 Å². The second-order valence-electron chi connectivity index (χ2n) is 4.61. The smallest absolute Gasteiger partial charge is 0.266 e. The van der Waals surface area contributed by atoms with E-state index in [1.807, 2.05) is 0 Å². The molecular weight excluding hydrogens is 289 g/mol. The molecule has 0 unspecified atom stereocenters. The Kier molecular flexibility index (Phi) is 5.24. The number of para-hydroxylation sites is 1. The molecule has 1 N–H and O–H groups in total. The summed E-state index contributed by atoms with van der Waals surface area (Å²) < 4.78 is 19.6. The third-order valence-electron chi connectivity index (χ3n) is 2.84. The Labute approximate surface area is 126 Å². The lowest BCUT2D eigenvalue weighted by Crippen LogP contribution is -2.34. The van der Waals surface area contributed by atoms with Gasteiger partial charge in [-0.2, -0.15) is 5.10 Å². The fraction of sp³-hybridized carbons (Fsp3) is 0.267. The van der Waals surface area contributed by atoms with Crippen molar-refractivity contribution in [2.24, 2.45) is 0 Å². The molecule has 2 rings (SSSR count). The van der Waals surface area contributed by atoms with Crippen molar-refractivity contribution in [1.82, 2.24) is 15.1 Å². The number of amides is 1. The van der Waals surface area contributed by atoms with Gasteiger partial charge in [0.1, 0.15) is 0 Å². The van der Waals surface area contributed by atoms with Crippen LogP contribution >= 0.6 is 0 Å². The molecule has 2 aromatic rings. The molecule has 0 saturated heterocycles. The molecule has 0 aliphatic heterocycles. The number of nitrogens with one attached hydrogen (secondary N) is 1. The maximum atomic E-state index is 13.3. The molecule has 1 heterocycles. The summed E-state index contributed by atoms with van der Waals surface area (Å²) >= 11 is 0. The van der Waals surface area contributed by atoms with E-state index < -0.39 is 11.7 Å². The SMILES string of the molecule is Cc1ccc(=O)n(CCNC(=O)COc2ccccc2F)n1. The Morgan fingerprint density at radius 3 is 2.86 bits per heavy atom. The number of aromatic nitrogens is 2. The lowest BCUT2D eigenvalue weighted by molar-refractivity contribution is -0.123. The molecule has 0 radical (unpaired) electrons. The monoisotopic (exact) mass is 305 g/mol. The van der Waals surface area contributed by atoms with Gasteiger partial charge in [-0.1, -0.05) is 12.1 Å². The first-order valence-corrected chi connectivity index (χ1v) is 6.75. The maximum absolute atomic E-state index is 13.3. The van der Waals surface area contributed by atoms with Crippen LogP contribution in [0, 0.1) is 12.7 Å². The number of hydrogen-bond acceptors (Lipinski definition) is 4. The van der Waals surface area contributed by atoms with E-state index in [4.69, 9.17) is 4.74 Å². The normalized spacial score (nSPS) is 10.3. The highest BCUT2D eigenvalue weighted by molar-refractivity contribution is 5.77. The van der Waals surface area contributed by atoms with Crippen LogP contribution in [0.1, 0.15) is 5.69 Å². The largest absolute Gasteiger partial charge is 0.481 e. The zero-order chi connectivity index (χ0) is 15.9. The van der Waals surface area contributed by atoms with Gasteiger partial charge in [0.05, 0.1) is 12.2 Å². The number of rotatable bonds is 6. The summed E-state index contributed by atoms with van der Waals surface area (Å²) in [5, 5.41) is 6.63. The zero-order valence-electron chi connectivity index (χ0n) is 12.1. The summed E-state index contributed by atoms with van der Waals surface area (Å²) in [4.78, 5) is 23.1. The molecule has 6 nitrogen and oxygen atoms in total. The molecule has 0 spiro atoms. The van der Waals surface area contributed by atoms with Crippen molar-refractivity contribution in [2.45, 2.75) is 13.5 Å². The Hall–Kier alpha value is -2.70. The van der Waals surface area contributed by atoms with Crippen LogP contribution in [0.2, 0.25) is 0 Å². The fourth-order valence-corrected chi connectivity index (χ4v) is 1.77. The van der Waals surface area contributed by atoms with E-state index in [-0.39, 0.29) is 31.0 Å². The van der Waals surface area contributed by atoms with Crippen LogP contribution in [0.3, 0.4) is 0 Å². The van der Waals surface area contributed by atoms with Crippen LogP contribution in [-0.2, 0) is 11.3 Å². The predicted molar refractivity (Wildman–Crippen MR) is 78.1 cm³/mol. The van der Waals surface area contributed by atoms with Gasteiger partial charge < -0.3 is 10.1 Å². The number of ether oxygens (including phenoxy) is 1. The lowest BCUT2D eigenvalue weighted by atomic mass is 10.3. The van der Waals surface area contributed by atoms with E-state index in [0.717, 1.165) is 0 Å². The molecule has 0 fully saturated rings. The minimum atomic E-state index is -0.522. The molecular formula is C15H16FN3O3. The van der Waals surface area contributed by atoms with Gasteiger partial charge in [0.25, 0.3) is 11.5 Å². The summed E-state index contributed by atoms with van der Waals surface area (Å²) in [5.74, 6) is -0.899. The van der Waals surface area contributed by atoms with Crippen molar-refractivity contribution in [3.8, 4) is 5.75 Å². The number of halogens is 1. The lowest BCUT2D eigenvalue weighted by Gasteiger charge is -2.09. The van der Waals surface area contributed by atoms with Gasteiger partial charge in [0, 0.05) is 12.6 Å². The molecule has 0 aliphatic rings. The van der Waals surface area contributed by atoms with Gasteiger partial charge in [-0.25, -0.2) is 9.07 Å². The number of nitrogens with zero attached hydrogens (tertiary/aromatic N) is 2. The molecule has 1 aromatic heterocycles. The third kappa shape index (κ3) is 4.41. The van der Waals surface area contributed by atoms with Crippen LogP contribution in [0.4, 0.5) is 4.39 Å². The first kappa shape index (κ1) is 15.7. The number of benzene rings is 1. The molecule has 22 heavy (non-hydrogen) atoms. The summed E-state index contributed by atoms with van der Waals surface area (Å²) in [7, 11) is 0. The Balaban J connectivity index is 1.77. The van der Waals surface area contributed by atoms with Crippen LogP contribution in [0.25, 0.3) is 0 Å². The molecule has 7 heteroatoms. The second-order valence-corrected chi connectivity index (χ2v) is 4.61. The molecule has 0 atom stereocenters. The van der Waals surface area contributed by atoms with Gasteiger partial charge in [-0.05, 0) is 25.1 Å². The van der Waals surface area contributed by atoms with Crippen molar-refractivity contribution >= 4 is 5.91 Å². The van der Waals surface area contributed by atoms with E-state index in [2.05, 4.69) is 10.4 Å². The number of hydrogen-bond donors (Lipinski definition) is 1. The Morgan fingerprint density at radius 1 is 1.32 bits per heavy atom. The highest BCUT2D eigenvalue weighted by Gasteiger charge is 2.06. The molecule has 1 amide bonds. The summed E-state index contributed by atoms with van der Waals surface area (Å²) in [6, 6.07) is 8.90. The second kappa shape index (κ2) is 7.35. The molecule has 0 saturated carbocycles. The highest BCUT2D eigenvalue weighted by Crippen LogP contribution is 2.14. The van der Waals surface area contributed by atoms with Crippen molar-refractivity contribution in [3.05, 3.63) is 58.3 Å². The molecule has 1 aromatic carbocycles. The Bertz CT molecular complexity index is 715. The van der Waals surface area contributed by atoms with E-state index in [1.54, 1.807) is 19.1 Å². The number of carbonyl (C=O) groups excluding carboxylic acids is 1.